The predicted octanol–water partition coefficient (Wildman–Crippen LogP) is 2.98. The Balaban J connectivity index is 2.35. The van der Waals surface area contributed by atoms with Gasteiger partial charge >= 0.3 is 5.97 Å². The topological polar surface area (TPSA) is 58.9 Å². The van der Waals surface area contributed by atoms with E-state index in [0.717, 1.165) is 0 Å². The Hall–Kier alpha value is -1.82. The van der Waals surface area contributed by atoms with Crippen molar-refractivity contribution in [3.63, 3.8) is 0 Å². The van der Waals surface area contributed by atoms with Crippen molar-refractivity contribution in [2.24, 2.45) is 4.99 Å². The van der Waals surface area contributed by atoms with Crippen molar-refractivity contribution in [1.82, 2.24) is 0 Å². The summed E-state index contributed by atoms with van der Waals surface area (Å²) in [5, 5.41) is 9.97. The molecule has 0 spiro atoms. The Labute approximate surface area is 114 Å². The number of ether oxygens (including phenoxy) is 1. The first-order valence-corrected chi connectivity index (χ1v) is 6.67. The molecule has 0 saturated heterocycles. The van der Waals surface area contributed by atoms with Gasteiger partial charge in [-0.2, -0.15) is 0 Å². The Morgan fingerprint density at radius 2 is 2.26 bits per heavy atom. The van der Waals surface area contributed by atoms with Gasteiger partial charge in [0.05, 0.1) is 12.4 Å². The van der Waals surface area contributed by atoms with E-state index in [2.05, 4.69) is 4.99 Å². The van der Waals surface area contributed by atoms with Crippen LogP contribution in [0.4, 0.5) is 10.1 Å². The highest BCUT2D eigenvalue weighted by molar-refractivity contribution is 8.15. The molecule has 0 unspecified atom stereocenters. The van der Waals surface area contributed by atoms with E-state index in [0.29, 0.717) is 0 Å². The minimum absolute atomic E-state index is 0.0232. The van der Waals surface area contributed by atoms with Gasteiger partial charge in [-0.3, -0.25) is 0 Å². The number of benzene rings is 1. The zero-order valence-electron chi connectivity index (χ0n) is 10.2. The summed E-state index contributed by atoms with van der Waals surface area (Å²) in [6, 6.07) is 5.99. The van der Waals surface area contributed by atoms with Crippen LogP contribution >= 0.6 is 11.8 Å². The maximum Gasteiger partial charge on any atom is 0.344 e. The van der Waals surface area contributed by atoms with Gasteiger partial charge in [0.2, 0.25) is 0 Å². The zero-order valence-corrected chi connectivity index (χ0v) is 11.0. The van der Waals surface area contributed by atoms with Crippen molar-refractivity contribution in [2.75, 3.05) is 12.4 Å². The highest BCUT2D eigenvalue weighted by Crippen LogP contribution is 2.30. The molecule has 6 heteroatoms. The second kappa shape index (κ2) is 5.88. The minimum Gasteiger partial charge on any atom is -0.510 e. The van der Waals surface area contributed by atoms with Gasteiger partial charge in [0.1, 0.15) is 27.9 Å². The van der Waals surface area contributed by atoms with Crippen molar-refractivity contribution < 1.29 is 19.0 Å². The van der Waals surface area contributed by atoms with Gasteiger partial charge in [-0.05, 0) is 19.1 Å². The quantitative estimate of drug-likeness (QED) is 0.865. The first-order chi connectivity index (χ1) is 9.13. The summed E-state index contributed by atoms with van der Waals surface area (Å²) in [6.07, 6.45) is 0. The molecule has 1 aliphatic rings. The fourth-order valence-electron chi connectivity index (χ4n) is 1.55. The summed E-state index contributed by atoms with van der Waals surface area (Å²) in [6.45, 7) is 1.87. The van der Waals surface area contributed by atoms with E-state index in [4.69, 9.17) is 4.74 Å². The van der Waals surface area contributed by atoms with Crippen LogP contribution in [-0.2, 0) is 9.53 Å². The molecule has 0 aromatic heterocycles. The largest absolute Gasteiger partial charge is 0.510 e. The summed E-state index contributed by atoms with van der Waals surface area (Å²) in [5.74, 6) is -0.967. The Morgan fingerprint density at radius 3 is 2.95 bits per heavy atom. The summed E-state index contributed by atoms with van der Waals surface area (Å²) >= 11 is 1.17. The zero-order chi connectivity index (χ0) is 13.8. The van der Waals surface area contributed by atoms with E-state index in [1.807, 2.05) is 0 Å². The first kappa shape index (κ1) is 13.6. The van der Waals surface area contributed by atoms with E-state index < -0.39 is 11.8 Å². The summed E-state index contributed by atoms with van der Waals surface area (Å²) in [5.41, 5.74) is 0.150. The van der Waals surface area contributed by atoms with E-state index in [1.54, 1.807) is 19.1 Å². The first-order valence-electron chi connectivity index (χ1n) is 5.69. The van der Waals surface area contributed by atoms with Crippen molar-refractivity contribution in [2.45, 2.75) is 6.92 Å². The van der Waals surface area contributed by atoms with Gasteiger partial charge in [0.25, 0.3) is 0 Å². The molecular formula is C13H12FNO3S. The molecular weight excluding hydrogens is 269 g/mol. The maximum absolute atomic E-state index is 13.5. The smallest absolute Gasteiger partial charge is 0.344 e. The lowest BCUT2D eigenvalue weighted by Crippen LogP contribution is -2.13. The molecule has 4 nitrogen and oxygen atoms in total. The number of aliphatic hydroxyl groups is 1. The highest BCUT2D eigenvalue weighted by atomic mass is 32.2. The van der Waals surface area contributed by atoms with Crippen LogP contribution in [0.25, 0.3) is 0 Å². The number of esters is 1. The maximum atomic E-state index is 13.5. The summed E-state index contributed by atoms with van der Waals surface area (Å²) < 4.78 is 18.4. The second-order valence-corrected chi connectivity index (χ2v) is 4.66. The molecule has 0 aliphatic carbocycles. The molecule has 1 aliphatic heterocycles. The average Bonchev–Trinajstić information content (AvgIpc) is 2.74. The molecule has 0 radical (unpaired) electrons. The van der Waals surface area contributed by atoms with Crippen LogP contribution in [-0.4, -0.2) is 28.5 Å². The number of halogens is 1. The molecule has 0 fully saturated rings. The number of aliphatic hydroxyl groups excluding tert-OH is 1. The lowest BCUT2D eigenvalue weighted by atomic mass is 10.2. The van der Waals surface area contributed by atoms with Gasteiger partial charge in [-0.15, -0.1) is 0 Å². The second-order valence-electron chi connectivity index (χ2n) is 3.70. The van der Waals surface area contributed by atoms with Crippen LogP contribution in [0.5, 0.6) is 0 Å². The van der Waals surface area contributed by atoms with Crippen LogP contribution in [0.15, 0.2) is 40.6 Å². The predicted molar refractivity (Wildman–Crippen MR) is 72.2 cm³/mol. The average molecular weight is 281 g/mol. The third-order valence-corrected chi connectivity index (χ3v) is 3.39. The third-order valence-electron chi connectivity index (χ3n) is 2.40. The number of thioether (sulfide) groups is 1. The third kappa shape index (κ3) is 2.96. The number of carbonyl (C=O) groups excluding carboxylic acids is 1. The number of rotatable bonds is 3. The van der Waals surface area contributed by atoms with E-state index in [-0.39, 0.29) is 34.4 Å². The normalized spacial score (nSPS) is 17.1. The Morgan fingerprint density at radius 1 is 1.53 bits per heavy atom. The van der Waals surface area contributed by atoms with Gasteiger partial charge in [0, 0.05) is 0 Å². The van der Waals surface area contributed by atoms with E-state index in [9.17, 15) is 14.3 Å². The molecule has 1 aromatic rings. The monoisotopic (exact) mass is 281 g/mol. The van der Waals surface area contributed by atoms with Crippen molar-refractivity contribution in [3.8, 4) is 0 Å². The van der Waals surface area contributed by atoms with E-state index >= 15 is 0 Å². The van der Waals surface area contributed by atoms with Crippen molar-refractivity contribution in [3.05, 3.63) is 41.4 Å². The van der Waals surface area contributed by atoms with Gasteiger partial charge in [0.15, 0.2) is 0 Å². The molecule has 1 N–H and O–H groups in total. The van der Waals surface area contributed by atoms with Crippen molar-refractivity contribution >= 4 is 28.5 Å². The standard InChI is InChI=1S/C13H12FNO3S/c1-2-18-13(17)11-10(16)7-19-12(11)15-9-6-4-3-5-8(9)14/h3-6,16H,2,7H2,1H3. The number of hydrogen-bond acceptors (Lipinski definition) is 5. The van der Waals surface area contributed by atoms with Gasteiger partial charge in [-0.25, -0.2) is 14.2 Å². The van der Waals surface area contributed by atoms with Crippen molar-refractivity contribution in [1.29, 1.82) is 0 Å². The fraction of sp³-hybridized carbons (Fsp3) is 0.231. The minimum atomic E-state index is -0.639. The summed E-state index contributed by atoms with van der Waals surface area (Å²) in [7, 11) is 0. The molecule has 0 atom stereocenters. The molecule has 1 heterocycles. The van der Waals surface area contributed by atoms with Crippen LogP contribution in [0, 0.1) is 5.82 Å². The Kier molecular flexibility index (Phi) is 4.21. The van der Waals surface area contributed by atoms with Crippen LogP contribution in [0.2, 0.25) is 0 Å². The number of carbonyl (C=O) groups is 1. The fourth-order valence-corrected chi connectivity index (χ4v) is 2.48. The molecule has 19 heavy (non-hydrogen) atoms. The molecule has 2 rings (SSSR count). The van der Waals surface area contributed by atoms with Gasteiger partial charge in [-0.1, -0.05) is 23.9 Å². The number of para-hydroxylation sites is 1. The SMILES string of the molecule is CCOC(=O)C1=C(O)CSC1=Nc1ccccc1F. The van der Waals surface area contributed by atoms with Gasteiger partial charge < -0.3 is 9.84 Å². The molecule has 0 amide bonds. The Bertz CT molecular complexity index is 569. The van der Waals surface area contributed by atoms with Crippen LogP contribution in [0.3, 0.4) is 0 Å². The molecule has 1 aromatic carbocycles. The lowest BCUT2D eigenvalue weighted by Gasteiger charge is -2.04. The number of nitrogens with zero attached hydrogens (tertiary/aromatic N) is 1. The van der Waals surface area contributed by atoms with E-state index in [1.165, 1.54) is 23.9 Å². The lowest BCUT2D eigenvalue weighted by molar-refractivity contribution is -0.138. The molecule has 100 valence electrons. The molecule has 0 bridgehead atoms. The molecule has 0 saturated carbocycles. The summed E-state index contributed by atoms with van der Waals surface area (Å²) in [4.78, 5) is 15.8. The van der Waals surface area contributed by atoms with Crippen LogP contribution < -0.4 is 0 Å². The highest BCUT2D eigenvalue weighted by Gasteiger charge is 2.29. The number of aliphatic imine (C=N–C) groups is 1. The number of hydrogen-bond donors (Lipinski definition) is 1. The van der Waals surface area contributed by atoms with Crippen LogP contribution in [0.1, 0.15) is 6.92 Å².